The van der Waals surface area contributed by atoms with Gasteiger partial charge >= 0.3 is 6.09 Å². The Morgan fingerprint density at radius 2 is 2.15 bits per heavy atom. The summed E-state index contributed by atoms with van der Waals surface area (Å²) in [6, 6.07) is 7.80. The third-order valence-corrected chi connectivity index (χ3v) is 6.57. The number of rotatable bonds is 9. The largest absolute Gasteiger partial charge is 0.494 e. The topological polar surface area (TPSA) is 100 Å². The summed E-state index contributed by atoms with van der Waals surface area (Å²) in [5.41, 5.74) is 3.01. The number of amides is 2. The van der Waals surface area contributed by atoms with E-state index >= 15 is 0 Å². The van der Waals surface area contributed by atoms with E-state index in [1.165, 1.54) is 11.3 Å². The molecule has 0 saturated heterocycles. The zero-order chi connectivity index (χ0) is 23.8. The molecule has 0 fully saturated rings. The van der Waals surface area contributed by atoms with E-state index < -0.39 is 6.09 Å². The molecule has 0 bridgehead atoms. The minimum Gasteiger partial charge on any atom is -0.494 e. The van der Waals surface area contributed by atoms with E-state index in [4.69, 9.17) is 14.6 Å². The van der Waals surface area contributed by atoms with Gasteiger partial charge in [-0.1, -0.05) is 25.1 Å². The number of hydrogen-bond donors (Lipinski definition) is 2. The number of nitrogens with one attached hydrogen (secondary N) is 1. The lowest BCUT2D eigenvalue weighted by atomic mass is 9.96. The van der Waals surface area contributed by atoms with Gasteiger partial charge in [-0.2, -0.15) is 0 Å². The third-order valence-electron chi connectivity index (χ3n) is 5.43. The van der Waals surface area contributed by atoms with Gasteiger partial charge in [0, 0.05) is 36.7 Å². The fourth-order valence-electron chi connectivity index (χ4n) is 3.91. The molecular weight excluding hydrogens is 442 g/mol. The first-order chi connectivity index (χ1) is 16.0. The molecule has 0 spiro atoms. The SMILES string of the molecule is CCOc1ccccc1C(C)CC(=O)Nc1sc2c(c1C=NC)CCN(C(=O)OCCO)C2. The lowest BCUT2D eigenvalue weighted by Gasteiger charge is -2.26. The van der Waals surface area contributed by atoms with E-state index in [0.717, 1.165) is 32.3 Å². The summed E-state index contributed by atoms with van der Waals surface area (Å²) in [7, 11) is 1.70. The highest BCUT2D eigenvalue weighted by Crippen LogP contribution is 2.37. The minimum atomic E-state index is -0.443. The molecule has 0 aliphatic carbocycles. The summed E-state index contributed by atoms with van der Waals surface area (Å²) in [6.07, 6.45) is 2.28. The molecular formula is C24H31N3O5S. The Balaban J connectivity index is 1.73. The maximum atomic E-state index is 12.9. The van der Waals surface area contributed by atoms with Gasteiger partial charge in [0.25, 0.3) is 0 Å². The number of para-hydroxylation sites is 1. The second-order valence-corrected chi connectivity index (χ2v) is 8.87. The summed E-state index contributed by atoms with van der Waals surface area (Å²) in [5.74, 6) is 0.707. The number of benzene rings is 1. The monoisotopic (exact) mass is 473 g/mol. The van der Waals surface area contributed by atoms with Gasteiger partial charge in [-0.15, -0.1) is 11.3 Å². The molecule has 1 atom stereocenters. The highest BCUT2D eigenvalue weighted by Gasteiger charge is 2.28. The van der Waals surface area contributed by atoms with E-state index in [1.807, 2.05) is 38.1 Å². The Labute approximate surface area is 198 Å². The van der Waals surface area contributed by atoms with Crippen molar-refractivity contribution in [3.8, 4) is 5.75 Å². The first-order valence-electron chi connectivity index (χ1n) is 11.1. The van der Waals surface area contributed by atoms with E-state index in [2.05, 4.69) is 10.3 Å². The normalized spacial score (nSPS) is 14.1. The van der Waals surface area contributed by atoms with E-state index in [-0.39, 0.29) is 25.0 Å². The van der Waals surface area contributed by atoms with Gasteiger partial charge in [-0.25, -0.2) is 4.79 Å². The number of fused-ring (bicyclic) bond motifs is 1. The van der Waals surface area contributed by atoms with Gasteiger partial charge in [-0.05, 0) is 36.5 Å². The smallest absolute Gasteiger partial charge is 0.410 e. The lowest BCUT2D eigenvalue weighted by molar-refractivity contribution is -0.116. The van der Waals surface area contributed by atoms with Crippen molar-refractivity contribution in [1.29, 1.82) is 0 Å². The average molecular weight is 474 g/mol. The van der Waals surface area contributed by atoms with Crippen molar-refractivity contribution >= 4 is 34.6 Å². The van der Waals surface area contributed by atoms with Crippen molar-refractivity contribution in [3.63, 3.8) is 0 Å². The van der Waals surface area contributed by atoms with Gasteiger partial charge in [0.05, 0.1) is 19.8 Å². The Kier molecular flexibility index (Phi) is 8.85. The second-order valence-electron chi connectivity index (χ2n) is 7.77. The molecule has 2 amide bonds. The van der Waals surface area contributed by atoms with Crippen LogP contribution < -0.4 is 10.1 Å². The van der Waals surface area contributed by atoms with Crippen molar-refractivity contribution in [2.45, 2.75) is 39.2 Å². The van der Waals surface area contributed by atoms with Crippen LogP contribution in [0.4, 0.5) is 9.80 Å². The van der Waals surface area contributed by atoms with E-state index in [1.54, 1.807) is 18.2 Å². The van der Waals surface area contributed by atoms with Gasteiger partial charge in [0.2, 0.25) is 5.91 Å². The second kappa shape index (κ2) is 11.8. The fourth-order valence-corrected chi connectivity index (χ4v) is 5.16. The zero-order valence-electron chi connectivity index (χ0n) is 19.3. The molecule has 0 saturated carbocycles. The van der Waals surface area contributed by atoms with Crippen LogP contribution in [0.5, 0.6) is 5.75 Å². The molecule has 9 heteroatoms. The van der Waals surface area contributed by atoms with Crippen LogP contribution in [0.25, 0.3) is 0 Å². The van der Waals surface area contributed by atoms with Crippen molar-refractivity contribution in [2.24, 2.45) is 4.99 Å². The van der Waals surface area contributed by atoms with Crippen molar-refractivity contribution in [1.82, 2.24) is 4.90 Å². The number of hydrogen-bond acceptors (Lipinski definition) is 7. The van der Waals surface area contributed by atoms with Crippen LogP contribution in [-0.2, 0) is 22.5 Å². The van der Waals surface area contributed by atoms with Crippen molar-refractivity contribution in [2.75, 3.05) is 38.7 Å². The summed E-state index contributed by atoms with van der Waals surface area (Å²) >= 11 is 1.46. The summed E-state index contributed by atoms with van der Waals surface area (Å²) in [4.78, 5) is 31.9. The first-order valence-corrected chi connectivity index (χ1v) is 11.9. The van der Waals surface area contributed by atoms with Gasteiger partial charge in [0.1, 0.15) is 17.4 Å². The van der Waals surface area contributed by atoms with Crippen molar-refractivity contribution < 1.29 is 24.2 Å². The van der Waals surface area contributed by atoms with E-state index in [9.17, 15) is 9.59 Å². The van der Waals surface area contributed by atoms with Crippen molar-refractivity contribution in [3.05, 3.63) is 45.8 Å². The number of carbonyl (C=O) groups excluding carboxylic acids is 2. The molecule has 2 aromatic rings. The quantitative estimate of drug-likeness (QED) is 0.540. The molecule has 2 N–H and O–H groups in total. The lowest BCUT2D eigenvalue weighted by Crippen LogP contribution is -2.36. The Morgan fingerprint density at radius 3 is 2.88 bits per heavy atom. The molecule has 8 nitrogen and oxygen atoms in total. The number of carbonyl (C=O) groups is 2. The van der Waals surface area contributed by atoms with Gasteiger partial charge in [0.15, 0.2) is 0 Å². The number of thiophene rings is 1. The summed E-state index contributed by atoms with van der Waals surface area (Å²) < 4.78 is 10.8. The molecule has 3 rings (SSSR count). The Hall–Kier alpha value is -2.91. The maximum Gasteiger partial charge on any atom is 0.410 e. The van der Waals surface area contributed by atoms with Gasteiger partial charge in [-0.3, -0.25) is 9.79 Å². The predicted molar refractivity (Wildman–Crippen MR) is 130 cm³/mol. The fraction of sp³-hybridized carbons (Fsp3) is 0.458. The maximum absolute atomic E-state index is 12.9. The number of aliphatic hydroxyl groups excluding tert-OH is 1. The highest BCUT2D eigenvalue weighted by atomic mass is 32.1. The number of aliphatic imine (C=N–C) groups is 1. The highest BCUT2D eigenvalue weighted by molar-refractivity contribution is 7.16. The van der Waals surface area contributed by atoms with Crippen LogP contribution in [-0.4, -0.2) is 61.6 Å². The van der Waals surface area contributed by atoms with Crippen LogP contribution >= 0.6 is 11.3 Å². The molecule has 1 aromatic heterocycles. The number of anilines is 1. The number of aliphatic hydroxyl groups is 1. The standard InChI is InChI=1S/C24H31N3O5S/c1-4-31-20-8-6-5-7-17(20)16(2)13-22(29)26-23-19(14-25-3)18-9-10-27(15-21(18)33-23)24(30)32-12-11-28/h5-8,14,16,28H,4,9-13,15H2,1-3H3,(H,26,29). The predicted octanol–water partition coefficient (Wildman–Crippen LogP) is 3.81. The molecule has 1 unspecified atom stereocenters. The Bertz CT molecular complexity index is 1000. The molecule has 1 aliphatic rings. The molecule has 1 aromatic carbocycles. The number of ether oxygens (including phenoxy) is 2. The van der Waals surface area contributed by atoms with Crippen LogP contribution in [0.15, 0.2) is 29.3 Å². The summed E-state index contributed by atoms with van der Waals surface area (Å²) in [6.45, 7) is 5.22. The Morgan fingerprint density at radius 1 is 1.36 bits per heavy atom. The van der Waals surface area contributed by atoms with Gasteiger partial charge < -0.3 is 24.8 Å². The zero-order valence-corrected chi connectivity index (χ0v) is 20.1. The first kappa shape index (κ1) is 24.7. The molecule has 33 heavy (non-hydrogen) atoms. The molecule has 2 heterocycles. The minimum absolute atomic E-state index is 0.0117. The van der Waals surface area contributed by atoms with Crippen LogP contribution in [0.2, 0.25) is 0 Å². The molecule has 0 radical (unpaired) electrons. The average Bonchev–Trinajstić information content (AvgIpc) is 3.14. The van der Waals surface area contributed by atoms with Crippen LogP contribution in [0.1, 0.15) is 47.8 Å². The molecule has 1 aliphatic heterocycles. The third kappa shape index (κ3) is 6.11. The van der Waals surface area contributed by atoms with Crippen LogP contribution in [0, 0.1) is 0 Å². The van der Waals surface area contributed by atoms with Crippen LogP contribution in [0.3, 0.4) is 0 Å². The number of nitrogens with zero attached hydrogens (tertiary/aromatic N) is 2. The summed E-state index contributed by atoms with van der Waals surface area (Å²) in [5, 5.41) is 12.7. The van der Waals surface area contributed by atoms with E-state index in [0.29, 0.717) is 32.5 Å². The molecule has 178 valence electrons.